The van der Waals surface area contributed by atoms with Crippen molar-refractivity contribution in [2.24, 2.45) is 5.73 Å². The fraction of sp³-hybridized carbons (Fsp3) is 0.273. The lowest BCUT2D eigenvalue weighted by Crippen LogP contribution is -2.03. The van der Waals surface area contributed by atoms with Crippen molar-refractivity contribution in [2.75, 3.05) is 6.54 Å². The van der Waals surface area contributed by atoms with Gasteiger partial charge in [-0.15, -0.1) is 0 Å². The van der Waals surface area contributed by atoms with E-state index in [2.05, 4.69) is 18.0 Å². The molecule has 2 aromatic rings. The predicted molar refractivity (Wildman–Crippen MR) is 60.8 cm³/mol. The first kappa shape index (κ1) is 9.56. The number of hydrogen-bond acceptors (Lipinski definition) is 1. The molecule has 0 spiro atoms. The number of aromatic amines is 1. The van der Waals surface area contributed by atoms with Crippen LogP contribution in [0, 0.1) is 6.92 Å². The molecule has 2 rings (SSSR count). The van der Waals surface area contributed by atoms with Crippen LogP contribution in [0.3, 0.4) is 0 Å². The summed E-state index contributed by atoms with van der Waals surface area (Å²) in [7, 11) is 0. The summed E-state index contributed by atoms with van der Waals surface area (Å²) in [6.45, 7) is 2.76. The molecule has 0 unspecified atom stereocenters. The van der Waals surface area contributed by atoms with E-state index in [0.29, 0.717) is 6.54 Å². The summed E-state index contributed by atoms with van der Waals surface area (Å²) < 4.78 is 0. The summed E-state index contributed by atoms with van der Waals surface area (Å²) in [5.74, 6) is 0. The maximum Gasteiger partial charge on any atom is 0.0648 e. The van der Waals surface area contributed by atoms with E-state index in [1.54, 1.807) is 0 Å². The normalized spacial score (nSPS) is 11.1. The average Bonchev–Trinajstić information content (AvgIpc) is 2.48. The Morgan fingerprint density at radius 2 is 2.21 bits per heavy atom. The third-order valence-electron chi connectivity index (χ3n) is 2.54. The van der Waals surface area contributed by atoms with E-state index < -0.39 is 0 Å². The number of aromatic nitrogens is 1. The Bertz CT molecular complexity index is 460. The van der Waals surface area contributed by atoms with Crippen molar-refractivity contribution in [1.29, 1.82) is 0 Å². The van der Waals surface area contributed by atoms with Gasteiger partial charge in [-0.2, -0.15) is 0 Å². The van der Waals surface area contributed by atoms with Crippen molar-refractivity contribution >= 4 is 22.5 Å². The van der Waals surface area contributed by atoms with Crippen molar-refractivity contribution in [1.82, 2.24) is 4.98 Å². The zero-order valence-electron chi connectivity index (χ0n) is 8.10. The number of fused-ring (bicyclic) bond motifs is 1. The molecule has 0 aliphatic rings. The zero-order valence-corrected chi connectivity index (χ0v) is 8.86. The minimum atomic E-state index is 0.658. The lowest BCUT2D eigenvalue weighted by molar-refractivity contribution is 0.930. The van der Waals surface area contributed by atoms with E-state index in [9.17, 15) is 0 Å². The molecule has 0 fully saturated rings. The molecule has 14 heavy (non-hydrogen) atoms. The number of nitrogens with one attached hydrogen (secondary N) is 1. The second kappa shape index (κ2) is 3.64. The largest absolute Gasteiger partial charge is 0.357 e. The monoisotopic (exact) mass is 208 g/mol. The maximum absolute atomic E-state index is 6.08. The van der Waals surface area contributed by atoms with Crippen LogP contribution >= 0.6 is 11.6 Å². The SMILES string of the molecule is Cc1c(CCN)[nH]c2c(Cl)cccc12. The Balaban J connectivity index is 2.67. The third kappa shape index (κ3) is 1.41. The number of rotatable bonds is 2. The number of aryl methyl sites for hydroxylation is 1. The van der Waals surface area contributed by atoms with Gasteiger partial charge in [0.15, 0.2) is 0 Å². The number of nitrogens with two attached hydrogens (primary N) is 1. The molecule has 74 valence electrons. The molecule has 0 radical (unpaired) electrons. The van der Waals surface area contributed by atoms with E-state index in [4.69, 9.17) is 17.3 Å². The molecule has 3 N–H and O–H groups in total. The molecule has 1 aromatic heterocycles. The van der Waals surface area contributed by atoms with Gasteiger partial charge in [0.1, 0.15) is 0 Å². The smallest absolute Gasteiger partial charge is 0.0648 e. The Labute approximate surface area is 88.1 Å². The molecule has 3 heteroatoms. The van der Waals surface area contributed by atoms with Crippen LogP contribution in [0.4, 0.5) is 0 Å². The van der Waals surface area contributed by atoms with Crippen LogP contribution in [0.15, 0.2) is 18.2 Å². The lowest BCUT2D eigenvalue weighted by Gasteiger charge is -1.94. The molecular weight excluding hydrogens is 196 g/mol. The van der Waals surface area contributed by atoms with E-state index >= 15 is 0 Å². The Kier molecular flexibility index (Phi) is 2.48. The standard InChI is InChI=1S/C11H13ClN2/c1-7-8-3-2-4-9(12)11(8)14-10(7)5-6-13/h2-4,14H,5-6,13H2,1H3. The summed E-state index contributed by atoms with van der Waals surface area (Å²) in [6.07, 6.45) is 0.872. The van der Waals surface area contributed by atoms with Gasteiger partial charge in [-0.1, -0.05) is 23.7 Å². The first-order chi connectivity index (χ1) is 6.74. The van der Waals surface area contributed by atoms with Crippen LogP contribution in [0.1, 0.15) is 11.3 Å². The third-order valence-corrected chi connectivity index (χ3v) is 2.86. The fourth-order valence-electron chi connectivity index (χ4n) is 1.77. The van der Waals surface area contributed by atoms with Gasteiger partial charge in [-0.25, -0.2) is 0 Å². The summed E-state index contributed by atoms with van der Waals surface area (Å²) in [5.41, 5.74) is 9.01. The molecule has 0 aliphatic carbocycles. The minimum Gasteiger partial charge on any atom is -0.357 e. The van der Waals surface area contributed by atoms with Crippen molar-refractivity contribution < 1.29 is 0 Å². The van der Waals surface area contributed by atoms with Crippen LogP contribution in [0.2, 0.25) is 5.02 Å². The van der Waals surface area contributed by atoms with Crippen molar-refractivity contribution in [3.8, 4) is 0 Å². The number of benzene rings is 1. The molecule has 0 saturated heterocycles. The molecule has 0 saturated carbocycles. The Morgan fingerprint density at radius 3 is 2.86 bits per heavy atom. The number of hydrogen-bond donors (Lipinski definition) is 2. The maximum atomic E-state index is 6.08. The molecule has 2 nitrogen and oxygen atoms in total. The van der Waals surface area contributed by atoms with Crippen molar-refractivity contribution in [2.45, 2.75) is 13.3 Å². The summed E-state index contributed by atoms with van der Waals surface area (Å²) in [5, 5.41) is 1.97. The van der Waals surface area contributed by atoms with Crippen LogP contribution in [-0.2, 0) is 6.42 Å². The highest BCUT2D eigenvalue weighted by Crippen LogP contribution is 2.27. The molecular formula is C11H13ClN2. The topological polar surface area (TPSA) is 41.8 Å². The summed E-state index contributed by atoms with van der Waals surface area (Å²) in [4.78, 5) is 3.32. The summed E-state index contributed by atoms with van der Waals surface area (Å²) in [6, 6.07) is 5.94. The lowest BCUT2D eigenvalue weighted by atomic mass is 10.1. The molecule has 0 atom stereocenters. The van der Waals surface area contributed by atoms with Crippen LogP contribution in [0.5, 0.6) is 0 Å². The van der Waals surface area contributed by atoms with Crippen molar-refractivity contribution in [3.05, 3.63) is 34.5 Å². The van der Waals surface area contributed by atoms with Crippen LogP contribution in [0.25, 0.3) is 10.9 Å². The number of halogens is 1. The quantitative estimate of drug-likeness (QED) is 0.783. The van der Waals surface area contributed by atoms with E-state index in [0.717, 1.165) is 17.0 Å². The highest BCUT2D eigenvalue weighted by molar-refractivity contribution is 6.35. The zero-order chi connectivity index (χ0) is 10.1. The highest BCUT2D eigenvalue weighted by atomic mass is 35.5. The van der Waals surface area contributed by atoms with E-state index in [-0.39, 0.29) is 0 Å². The first-order valence-corrected chi connectivity index (χ1v) is 5.07. The molecule has 1 heterocycles. The van der Waals surface area contributed by atoms with Gasteiger partial charge in [0.25, 0.3) is 0 Å². The van der Waals surface area contributed by atoms with Crippen molar-refractivity contribution in [3.63, 3.8) is 0 Å². The molecule has 0 aliphatic heterocycles. The Hall–Kier alpha value is -0.990. The Morgan fingerprint density at radius 1 is 1.43 bits per heavy atom. The molecule has 1 aromatic carbocycles. The van der Waals surface area contributed by atoms with Gasteiger partial charge >= 0.3 is 0 Å². The number of H-pyrrole nitrogens is 1. The van der Waals surface area contributed by atoms with Crippen LogP contribution in [-0.4, -0.2) is 11.5 Å². The molecule has 0 amide bonds. The van der Waals surface area contributed by atoms with Gasteiger partial charge in [0.2, 0.25) is 0 Å². The summed E-state index contributed by atoms with van der Waals surface area (Å²) >= 11 is 6.08. The highest BCUT2D eigenvalue weighted by Gasteiger charge is 2.08. The average molecular weight is 209 g/mol. The second-order valence-electron chi connectivity index (χ2n) is 3.43. The fourth-order valence-corrected chi connectivity index (χ4v) is 1.99. The van der Waals surface area contributed by atoms with E-state index in [1.807, 2.05) is 12.1 Å². The predicted octanol–water partition coefficient (Wildman–Crippen LogP) is 2.63. The van der Waals surface area contributed by atoms with Gasteiger partial charge in [-0.3, -0.25) is 0 Å². The number of para-hydroxylation sites is 1. The van der Waals surface area contributed by atoms with Gasteiger partial charge in [-0.05, 0) is 25.1 Å². The van der Waals surface area contributed by atoms with E-state index in [1.165, 1.54) is 16.6 Å². The minimum absolute atomic E-state index is 0.658. The van der Waals surface area contributed by atoms with Gasteiger partial charge in [0, 0.05) is 17.5 Å². The van der Waals surface area contributed by atoms with Gasteiger partial charge in [0.05, 0.1) is 10.5 Å². The molecule has 0 bridgehead atoms. The first-order valence-electron chi connectivity index (χ1n) is 4.69. The van der Waals surface area contributed by atoms with Gasteiger partial charge < -0.3 is 10.7 Å². The van der Waals surface area contributed by atoms with Crippen LogP contribution < -0.4 is 5.73 Å². The second-order valence-corrected chi connectivity index (χ2v) is 3.84.